The van der Waals surface area contributed by atoms with Gasteiger partial charge in [-0.25, -0.2) is 9.37 Å². The van der Waals surface area contributed by atoms with Gasteiger partial charge in [0.15, 0.2) is 10.8 Å². The fourth-order valence-corrected chi connectivity index (χ4v) is 1.98. The number of hydrogen-bond acceptors (Lipinski definition) is 3. The summed E-state index contributed by atoms with van der Waals surface area (Å²) in [5, 5.41) is 3.90. The maximum absolute atomic E-state index is 12.6. The molecular weight excluding hydrogens is 268 g/mol. The van der Waals surface area contributed by atoms with Crippen LogP contribution in [0, 0.1) is 5.82 Å². The van der Waals surface area contributed by atoms with E-state index in [4.69, 9.17) is 0 Å². The molecule has 7 heteroatoms. The second-order valence-electron chi connectivity index (χ2n) is 3.52. The first-order chi connectivity index (χ1) is 8.45. The second-order valence-corrected chi connectivity index (χ2v) is 4.37. The highest BCUT2D eigenvalue weighted by molar-refractivity contribution is 7.13. The summed E-state index contributed by atoms with van der Waals surface area (Å²) in [4.78, 5) is 3.42. The van der Waals surface area contributed by atoms with Crippen LogP contribution in [0.4, 0.5) is 22.7 Å². The third kappa shape index (κ3) is 3.19. The number of alkyl halides is 3. The van der Waals surface area contributed by atoms with Gasteiger partial charge in [0.1, 0.15) is 5.82 Å². The van der Waals surface area contributed by atoms with Crippen molar-refractivity contribution in [3.05, 3.63) is 46.7 Å². The van der Waals surface area contributed by atoms with Gasteiger partial charge in [0.25, 0.3) is 0 Å². The molecule has 0 aliphatic rings. The minimum absolute atomic E-state index is 0.187. The summed E-state index contributed by atoms with van der Waals surface area (Å²) in [5.74, 6) is -0.354. The zero-order valence-electron chi connectivity index (χ0n) is 8.96. The molecule has 0 unspecified atom stereocenters. The van der Waals surface area contributed by atoms with Gasteiger partial charge in [-0.3, -0.25) is 0 Å². The lowest BCUT2D eigenvalue weighted by Crippen LogP contribution is -2.06. The Labute approximate surface area is 104 Å². The van der Waals surface area contributed by atoms with E-state index in [1.807, 2.05) is 0 Å². The summed E-state index contributed by atoms with van der Waals surface area (Å²) in [6.07, 6.45) is -4.42. The highest BCUT2D eigenvalue weighted by atomic mass is 32.1. The number of nitrogens with zero attached hydrogens (tertiary/aromatic N) is 1. The quantitative estimate of drug-likeness (QED) is 0.860. The number of hydrogen-bond donors (Lipinski definition) is 1. The van der Waals surface area contributed by atoms with Crippen molar-refractivity contribution in [3.63, 3.8) is 0 Å². The first-order valence-corrected chi connectivity index (χ1v) is 5.84. The highest BCUT2D eigenvalue weighted by Crippen LogP contribution is 2.31. The van der Waals surface area contributed by atoms with Crippen molar-refractivity contribution in [2.24, 2.45) is 0 Å². The summed E-state index contributed by atoms with van der Waals surface area (Å²) >= 11 is 0.883. The van der Waals surface area contributed by atoms with Crippen molar-refractivity contribution in [2.45, 2.75) is 12.7 Å². The molecule has 0 saturated heterocycles. The van der Waals surface area contributed by atoms with Crippen LogP contribution in [0.3, 0.4) is 0 Å². The maximum Gasteiger partial charge on any atom is 0.434 e. The summed E-state index contributed by atoms with van der Waals surface area (Å²) in [6, 6.07) is 5.70. The van der Waals surface area contributed by atoms with E-state index in [0.29, 0.717) is 6.54 Å². The van der Waals surface area contributed by atoms with Crippen molar-refractivity contribution >= 4 is 16.5 Å². The molecule has 0 spiro atoms. The third-order valence-electron chi connectivity index (χ3n) is 2.15. The van der Waals surface area contributed by atoms with E-state index >= 15 is 0 Å². The molecule has 1 aromatic heterocycles. The Morgan fingerprint density at radius 1 is 1.17 bits per heavy atom. The molecule has 18 heavy (non-hydrogen) atoms. The minimum Gasteiger partial charge on any atom is -0.357 e. The maximum atomic E-state index is 12.6. The van der Waals surface area contributed by atoms with Crippen LogP contribution in [0.1, 0.15) is 11.3 Å². The van der Waals surface area contributed by atoms with Gasteiger partial charge in [-0.15, -0.1) is 11.3 Å². The van der Waals surface area contributed by atoms with Crippen LogP contribution >= 0.6 is 11.3 Å². The van der Waals surface area contributed by atoms with Gasteiger partial charge >= 0.3 is 6.18 Å². The van der Waals surface area contributed by atoms with Gasteiger partial charge in [-0.2, -0.15) is 13.2 Å². The lowest BCUT2D eigenvalue weighted by atomic mass is 10.2. The van der Waals surface area contributed by atoms with Gasteiger partial charge in [0.2, 0.25) is 0 Å². The van der Waals surface area contributed by atoms with Crippen LogP contribution in [-0.4, -0.2) is 4.98 Å². The molecule has 96 valence electrons. The van der Waals surface area contributed by atoms with E-state index in [2.05, 4.69) is 10.3 Å². The fourth-order valence-electron chi connectivity index (χ4n) is 1.27. The zero-order chi connectivity index (χ0) is 13.2. The molecule has 0 amide bonds. The van der Waals surface area contributed by atoms with Crippen LogP contribution in [0.25, 0.3) is 0 Å². The molecule has 0 radical (unpaired) electrons. The Morgan fingerprint density at radius 3 is 2.39 bits per heavy atom. The van der Waals surface area contributed by atoms with Crippen molar-refractivity contribution in [1.29, 1.82) is 0 Å². The monoisotopic (exact) mass is 276 g/mol. The number of nitrogens with one attached hydrogen (secondary N) is 1. The predicted octanol–water partition coefficient (Wildman–Crippen LogP) is 3.91. The first kappa shape index (κ1) is 12.8. The Hall–Kier alpha value is -1.63. The number of halogens is 4. The molecule has 0 bridgehead atoms. The van der Waals surface area contributed by atoms with E-state index in [9.17, 15) is 17.6 Å². The topological polar surface area (TPSA) is 24.9 Å². The Kier molecular flexibility index (Phi) is 3.51. The number of thiazole rings is 1. The van der Waals surface area contributed by atoms with Gasteiger partial charge in [0, 0.05) is 11.9 Å². The molecule has 2 aromatic rings. The van der Waals surface area contributed by atoms with Gasteiger partial charge in [-0.05, 0) is 17.7 Å². The molecular formula is C11H8F4N2S. The number of rotatable bonds is 3. The lowest BCUT2D eigenvalue weighted by Gasteiger charge is -2.03. The standard InChI is InChI=1S/C11H8F4N2S/c12-8-3-1-7(2-4-8)5-16-10-17-9(6-18-10)11(13,14)15/h1-4,6H,5H2,(H,16,17). The van der Waals surface area contributed by atoms with E-state index in [-0.39, 0.29) is 10.9 Å². The van der Waals surface area contributed by atoms with E-state index in [1.165, 1.54) is 12.1 Å². The normalized spacial score (nSPS) is 11.6. The van der Waals surface area contributed by atoms with Crippen molar-refractivity contribution in [1.82, 2.24) is 4.98 Å². The molecule has 0 aliphatic carbocycles. The number of aromatic nitrogens is 1. The fraction of sp³-hybridized carbons (Fsp3) is 0.182. The van der Waals surface area contributed by atoms with E-state index < -0.39 is 11.9 Å². The third-order valence-corrected chi connectivity index (χ3v) is 2.95. The van der Waals surface area contributed by atoms with Gasteiger partial charge in [0.05, 0.1) is 0 Å². The van der Waals surface area contributed by atoms with Crippen LogP contribution in [0.2, 0.25) is 0 Å². The predicted molar refractivity (Wildman–Crippen MR) is 60.8 cm³/mol. The second kappa shape index (κ2) is 4.93. The Morgan fingerprint density at radius 2 is 1.83 bits per heavy atom. The average molecular weight is 276 g/mol. The zero-order valence-corrected chi connectivity index (χ0v) is 9.78. The SMILES string of the molecule is Fc1ccc(CNc2nc(C(F)(F)F)cs2)cc1. The average Bonchev–Trinajstić information content (AvgIpc) is 2.77. The van der Waals surface area contributed by atoms with Gasteiger partial charge in [-0.1, -0.05) is 12.1 Å². The molecule has 0 saturated carbocycles. The van der Waals surface area contributed by atoms with Crippen LogP contribution in [0.15, 0.2) is 29.6 Å². The summed E-state index contributed by atoms with van der Waals surface area (Å²) in [6.45, 7) is 0.297. The largest absolute Gasteiger partial charge is 0.434 e. The first-order valence-electron chi connectivity index (χ1n) is 4.96. The summed E-state index contributed by atoms with van der Waals surface area (Å²) < 4.78 is 49.5. The summed E-state index contributed by atoms with van der Waals surface area (Å²) in [7, 11) is 0. The summed E-state index contributed by atoms with van der Waals surface area (Å²) in [5.41, 5.74) is -0.144. The molecule has 2 nitrogen and oxygen atoms in total. The molecule has 2 rings (SSSR count). The minimum atomic E-state index is -4.42. The molecule has 0 fully saturated rings. The van der Waals surface area contributed by atoms with Crippen molar-refractivity contribution in [3.8, 4) is 0 Å². The molecule has 1 heterocycles. The van der Waals surface area contributed by atoms with Crippen LogP contribution in [0.5, 0.6) is 0 Å². The van der Waals surface area contributed by atoms with Crippen LogP contribution in [-0.2, 0) is 12.7 Å². The van der Waals surface area contributed by atoms with E-state index in [1.54, 1.807) is 12.1 Å². The van der Waals surface area contributed by atoms with Crippen molar-refractivity contribution in [2.75, 3.05) is 5.32 Å². The lowest BCUT2D eigenvalue weighted by molar-refractivity contribution is -0.140. The molecule has 0 aliphatic heterocycles. The Balaban J connectivity index is 1.98. The van der Waals surface area contributed by atoms with Crippen LogP contribution < -0.4 is 5.32 Å². The highest BCUT2D eigenvalue weighted by Gasteiger charge is 2.33. The molecule has 0 atom stereocenters. The van der Waals surface area contributed by atoms with Crippen molar-refractivity contribution < 1.29 is 17.6 Å². The molecule has 1 N–H and O–H groups in total. The number of anilines is 1. The van der Waals surface area contributed by atoms with E-state index in [0.717, 1.165) is 22.3 Å². The smallest absolute Gasteiger partial charge is 0.357 e. The molecule has 1 aromatic carbocycles. The van der Waals surface area contributed by atoms with Gasteiger partial charge < -0.3 is 5.32 Å². The number of benzene rings is 1. The Bertz CT molecular complexity index is 519.